The first-order valence-electron chi connectivity index (χ1n) is 9.98. The number of urea groups is 1. The molecule has 3 rings (SSSR count). The average molecular weight is 432 g/mol. The van der Waals surface area contributed by atoms with Gasteiger partial charge in [-0.25, -0.2) is 4.79 Å². The molecule has 0 aromatic heterocycles. The minimum Gasteiger partial charge on any atom is -0.497 e. The number of carbonyl (C=O) groups excluding carboxylic acids is 3. The molecule has 0 spiro atoms. The molecule has 1 saturated heterocycles. The molecular weight excluding hydrogens is 408 g/mol. The third-order valence-corrected chi connectivity index (χ3v) is 5.39. The summed E-state index contributed by atoms with van der Waals surface area (Å²) < 4.78 is 5.14. The van der Waals surface area contributed by atoms with Gasteiger partial charge >= 0.3 is 6.03 Å². The third kappa shape index (κ3) is 4.47. The lowest BCUT2D eigenvalue weighted by atomic mass is 9.92. The van der Waals surface area contributed by atoms with Crippen LogP contribution in [0, 0.1) is 11.3 Å². The lowest BCUT2D eigenvalue weighted by molar-refractivity contribution is -0.139. The van der Waals surface area contributed by atoms with E-state index in [2.05, 4.69) is 11.9 Å². The van der Waals surface area contributed by atoms with Crippen LogP contribution < -0.4 is 10.1 Å². The minimum atomic E-state index is -1.28. The van der Waals surface area contributed by atoms with Gasteiger partial charge in [0.15, 0.2) is 0 Å². The van der Waals surface area contributed by atoms with Crippen LogP contribution in [0.5, 0.6) is 5.75 Å². The standard InChI is InChI=1S/C24H24N4O4/c1-4-13-27(15-18-7-5-17(14-25)6-8-18)21(29)16-28-22(30)24(2,26-23(28)31)19-9-11-20(32-3)12-10-19/h4-12H,1,13,15-16H2,2-3H3,(H,26,31). The summed E-state index contributed by atoms with van der Waals surface area (Å²) in [6.45, 7) is 5.41. The van der Waals surface area contributed by atoms with E-state index in [1.165, 1.54) is 4.90 Å². The number of imide groups is 1. The minimum absolute atomic E-state index is 0.248. The summed E-state index contributed by atoms with van der Waals surface area (Å²) in [4.78, 5) is 41.1. The van der Waals surface area contributed by atoms with Crippen LogP contribution >= 0.6 is 0 Å². The topological polar surface area (TPSA) is 103 Å². The van der Waals surface area contributed by atoms with Crippen LogP contribution in [0.4, 0.5) is 4.79 Å². The second kappa shape index (κ2) is 9.35. The first kappa shape index (κ1) is 22.6. The first-order valence-corrected chi connectivity index (χ1v) is 9.98. The van der Waals surface area contributed by atoms with E-state index in [0.717, 1.165) is 10.5 Å². The summed E-state index contributed by atoms with van der Waals surface area (Å²) in [7, 11) is 1.54. The summed E-state index contributed by atoms with van der Waals surface area (Å²) in [6, 6.07) is 15.1. The molecule has 0 aliphatic carbocycles. The first-order chi connectivity index (χ1) is 15.3. The quantitative estimate of drug-likeness (QED) is 0.510. The highest BCUT2D eigenvalue weighted by molar-refractivity contribution is 6.09. The summed E-state index contributed by atoms with van der Waals surface area (Å²) in [5.74, 6) is -0.265. The zero-order chi connectivity index (χ0) is 23.3. The van der Waals surface area contributed by atoms with Gasteiger partial charge < -0.3 is 15.0 Å². The van der Waals surface area contributed by atoms with Crippen molar-refractivity contribution >= 4 is 17.8 Å². The Balaban J connectivity index is 1.75. The molecule has 0 saturated carbocycles. The second-order valence-corrected chi connectivity index (χ2v) is 7.55. The predicted molar refractivity (Wildman–Crippen MR) is 117 cm³/mol. The zero-order valence-corrected chi connectivity index (χ0v) is 18.0. The van der Waals surface area contributed by atoms with Crippen molar-refractivity contribution in [2.75, 3.05) is 20.2 Å². The third-order valence-electron chi connectivity index (χ3n) is 5.39. The Morgan fingerprint density at radius 2 is 1.88 bits per heavy atom. The molecule has 1 heterocycles. The van der Waals surface area contributed by atoms with Gasteiger partial charge in [0.05, 0.1) is 18.7 Å². The number of nitrogens with one attached hydrogen (secondary N) is 1. The van der Waals surface area contributed by atoms with Crippen molar-refractivity contribution in [1.82, 2.24) is 15.1 Å². The number of benzene rings is 2. The van der Waals surface area contributed by atoms with Gasteiger partial charge in [-0.15, -0.1) is 6.58 Å². The number of carbonyl (C=O) groups is 3. The van der Waals surface area contributed by atoms with Gasteiger partial charge in [-0.3, -0.25) is 14.5 Å². The monoisotopic (exact) mass is 432 g/mol. The van der Waals surface area contributed by atoms with Gasteiger partial charge in [-0.1, -0.05) is 30.3 Å². The van der Waals surface area contributed by atoms with E-state index in [1.54, 1.807) is 68.6 Å². The fourth-order valence-electron chi connectivity index (χ4n) is 3.51. The highest BCUT2D eigenvalue weighted by atomic mass is 16.5. The van der Waals surface area contributed by atoms with Crippen LogP contribution in [0.3, 0.4) is 0 Å². The van der Waals surface area contributed by atoms with E-state index >= 15 is 0 Å². The van der Waals surface area contributed by atoms with Gasteiger partial charge in [-0.05, 0) is 42.3 Å². The van der Waals surface area contributed by atoms with E-state index in [1.807, 2.05) is 6.07 Å². The molecule has 2 aromatic carbocycles. The van der Waals surface area contributed by atoms with Crippen molar-refractivity contribution in [1.29, 1.82) is 5.26 Å². The van der Waals surface area contributed by atoms with Crippen molar-refractivity contribution in [3.05, 3.63) is 77.9 Å². The Kier molecular flexibility index (Phi) is 6.59. The smallest absolute Gasteiger partial charge is 0.325 e. The molecule has 4 amide bonds. The number of rotatable bonds is 8. The molecule has 1 N–H and O–H groups in total. The van der Waals surface area contributed by atoms with Crippen LogP contribution in [0.15, 0.2) is 61.2 Å². The normalized spacial score (nSPS) is 17.5. The van der Waals surface area contributed by atoms with Crippen LogP contribution in [-0.4, -0.2) is 47.8 Å². The Bertz CT molecular complexity index is 1070. The van der Waals surface area contributed by atoms with Crippen molar-refractivity contribution in [2.24, 2.45) is 0 Å². The molecular formula is C24H24N4O4. The van der Waals surface area contributed by atoms with Gasteiger partial charge in [0.25, 0.3) is 5.91 Å². The molecule has 0 bridgehead atoms. The summed E-state index contributed by atoms with van der Waals surface area (Å²) >= 11 is 0. The number of nitriles is 1. The van der Waals surface area contributed by atoms with Crippen LogP contribution in [0.1, 0.15) is 23.6 Å². The van der Waals surface area contributed by atoms with Crippen molar-refractivity contribution in [3.63, 3.8) is 0 Å². The zero-order valence-electron chi connectivity index (χ0n) is 18.0. The highest BCUT2D eigenvalue weighted by Gasteiger charge is 2.49. The molecule has 1 aliphatic heterocycles. The number of nitrogens with zero attached hydrogens (tertiary/aromatic N) is 3. The summed E-state index contributed by atoms with van der Waals surface area (Å²) in [6.07, 6.45) is 1.58. The molecule has 1 fully saturated rings. The fourth-order valence-corrected chi connectivity index (χ4v) is 3.51. The Hall–Kier alpha value is -4.12. The highest BCUT2D eigenvalue weighted by Crippen LogP contribution is 2.30. The second-order valence-electron chi connectivity index (χ2n) is 7.55. The lowest BCUT2D eigenvalue weighted by Gasteiger charge is -2.25. The lowest BCUT2D eigenvalue weighted by Crippen LogP contribution is -2.44. The molecule has 2 aromatic rings. The van der Waals surface area contributed by atoms with Gasteiger partial charge in [-0.2, -0.15) is 5.26 Å². The number of methoxy groups -OCH3 is 1. The summed E-state index contributed by atoms with van der Waals surface area (Å²) in [5.41, 5.74) is 0.652. The fraction of sp³-hybridized carbons (Fsp3) is 0.250. The van der Waals surface area contributed by atoms with E-state index in [0.29, 0.717) is 16.9 Å². The molecule has 1 atom stereocenters. The van der Waals surface area contributed by atoms with Crippen molar-refractivity contribution in [3.8, 4) is 11.8 Å². The van der Waals surface area contributed by atoms with E-state index in [4.69, 9.17) is 10.00 Å². The molecule has 32 heavy (non-hydrogen) atoms. The average Bonchev–Trinajstić information content (AvgIpc) is 3.03. The Morgan fingerprint density at radius 3 is 2.44 bits per heavy atom. The molecule has 0 radical (unpaired) electrons. The van der Waals surface area contributed by atoms with Gasteiger partial charge in [0, 0.05) is 13.1 Å². The van der Waals surface area contributed by atoms with Crippen LogP contribution in [0.2, 0.25) is 0 Å². The Labute approximate surface area is 186 Å². The number of hydrogen-bond acceptors (Lipinski definition) is 5. The molecule has 164 valence electrons. The predicted octanol–water partition coefficient (Wildman–Crippen LogP) is 2.55. The van der Waals surface area contributed by atoms with E-state index in [9.17, 15) is 14.4 Å². The maximum Gasteiger partial charge on any atom is 0.325 e. The van der Waals surface area contributed by atoms with E-state index in [-0.39, 0.29) is 19.6 Å². The molecule has 8 nitrogen and oxygen atoms in total. The van der Waals surface area contributed by atoms with Gasteiger partial charge in [0.1, 0.15) is 17.8 Å². The van der Waals surface area contributed by atoms with Gasteiger partial charge in [0.2, 0.25) is 5.91 Å². The van der Waals surface area contributed by atoms with E-state index < -0.39 is 23.4 Å². The van der Waals surface area contributed by atoms with Crippen LogP contribution in [0.25, 0.3) is 0 Å². The number of ether oxygens (including phenoxy) is 1. The maximum atomic E-state index is 13.1. The van der Waals surface area contributed by atoms with Crippen LogP contribution in [-0.2, 0) is 21.7 Å². The maximum absolute atomic E-state index is 13.1. The molecule has 1 aliphatic rings. The Morgan fingerprint density at radius 1 is 1.22 bits per heavy atom. The largest absolute Gasteiger partial charge is 0.497 e. The summed E-state index contributed by atoms with van der Waals surface area (Å²) in [5, 5.41) is 11.6. The molecule has 8 heteroatoms. The van der Waals surface area contributed by atoms with Crippen molar-refractivity contribution < 1.29 is 19.1 Å². The number of amides is 4. The molecule has 1 unspecified atom stereocenters. The van der Waals surface area contributed by atoms with Crippen molar-refractivity contribution in [2.45, 2.75) is 19.0 Å². The SMILES string of the molecule is C=CCN(Cc1ccc(C#N)cc1)C(=O)CN1C(=O)NC(C)(c2ccc(OC)cc2)C1=O. The number of hydrogen-bond donors (Lipinski definition) is 1.